The van der Waals surface area contributed by atoms with E-state index in [1.807, 2.05) is 0 Å². The van der Waals surface area contributed by atoms with Crippen molar-refractivity contribution in [2.24, 2.45) is 10.8 Å². The van der Waals surface area contributed by atoms with Gasteiger partial charge in [0.2, 0.25) is 11.8 Å². The number of hydrogen-bond acceptors (Lipinski definition) is 6. The summed E-state index contributed by atoms with van der Waals surface area (Å²) in [6, 6.07) is 0. The van der Waals surface area contributed by atoms with Crippen LogP contribution in [0.15, 0.2) is 0 Å². The molecule has 0 aliphatic carbocycles. The van der Waals surface area contributed by atoms with Crippen LogP contribution in [0.1, 0.15) is 41.5 Å². The second kappa shape index (κ2) is 11.0. The van der Waals surface area contributed by atoms with E-state index in [4.69, 9.17) is 9.47 Å². The number of hydrogen-bond donors (Lipinski definition) is 2. The van der Waals surface area contributed by atoms with Crippen LogP contribution >= 0.6 is 0 Å². The van der Waals surface area contributed by atoms with Gasteiger partial charge in [-0.2, -0.15) is 0 Å². The second-order valence-corrected chi connectivity index (χ2v) is 8.00. The first-order chi connectivity index (χ1) is 11.8. The van der Waals surface area contributed by atoms with E-state index in [-0.39, 0.29) is 62.9 Å². The Labute approximate surface area is 155 Å². The number of carbonyl (C=O) groups excluding carboxylic acids is 4. The van der Waals surface area contributed by atoms with Gasteiger partial charge in [0.25, 0.3) is 0 Å². The molecule has 0 saturated carbocycles. The highest BCUT2D eigenvalue weighted by atomic mass is 16.5. The number of amides is 2. The van der Waals surface area contributed by atoms with Crippen LogP contribution in [-0.4, -0.2) is 62.9 Å². The van der Waals surface area contributed by atoms with Gasteiger partial charge in [-0.25, -0.2) is 0 Å². The highest BCUT2D eigenvalue weighted by Gasteiger charge is 2.22. The van der Waals surface area contributed by atoms with Gasteiger partial charge >= 0.3 is 0 Å². The highest BCUT2D eigenvalue weighted by Crippen LogP contribution is 2.13. The van der Waals surface area contributed by atoms with Crippen molar-refractivity contribution in [3.8, 4) is 0 Å². The summed E-state index contributed by atoms with van der Waals surface area (Å²) in [5.74, 6) is -0.905. The van der Waals surface area contributed by atoms with Gasteiger partial charge in [-0.1, -0.05) is 41.5 Å². The van der Waals surface area contributed by atoms with E-state index in [0.29, 0.717) is 0 Å². The molecule has 26 heavy (non-hydrogen) atoms. The summed E-state index contributed by atoms with van der Waals surface area (Å²) in [5.41, 5.74) is -1.000. The normalized spacial score (nSPS) is 11.8. The van der Waals surface area contributed by atoms with Crippen molar-refractivity contribution < 1.29 is 28.7 Å². The topological polar surface area (TPSA) is 111 Å². The van der Waals surface area contributed by atoms with E-state index in [9.17, 15) is 19.2 Å². The molecule has 0 spiro atoms. The molecule has 0 aliphatic rings. The Morgan fingerprint density at radius 2 is 0.962 bits per heavy atom. The highest BCUT2D eigenvalue weighted by molar-refractivity contribution is 5.90. The van der Waals surface area contributed by atoms with E-state index >= 15 is 0 Å². The maximum absolute atomic E-state index is 11.7. The lowest BCUT2D eigenvalue weighted by atomic mass is 9.91. The van der Waals surface area contributed by atoms with Crippen molar-refractivity contribution in [2.45, 2.75) is 41.5 Å². The number of Topliss-reactive ketones (excluding diaryl/α,β-unsaturated/α-hetero) is 2. The van der Waals surface area contributed by atoms with Crippen LogP contribution in [0.4, 0.5) is 0 Å². The molecule has 2 N–H and O–H groups in total. The van der Waals surface area contributed by atoms with Crippen LogP contribution in [0.3, 0.4) is 0 Å². The molecule has 0 aromatic carbocycles. The van der Waals surface area contributed by atoms with E-state index in [1.54, 1.807) is 41.5 Å². The lowest BCUT2D eigenvalue weighted by Gasteiger charge is -2.17. The van der Waals surface area contributed by atoms with Crippen LogP contribution in [0, 0.1) is 10.8 Å². The van der Waals surface area contributed by atoms with Gasteiger partial charge in [0.15, 0.2) is 11.6 Å². The lowest BCUT2D eigenvalue weighted by molar-refractivity contribution is -0.132. The fourth-order valence-corrected chi connectivity index (χ4v) is 1.44. The molecule has 0 aromatic heterocycles. The Kier molecular flexibility index (Phi) is 10.3. The molecule has 0 aromatic rings. The van der Waals surface area contributed by atoms with Crippen molar-refractivity contribution in [1.29, 1.82) is 0 Å². The average molecular weight is 372 g/mol. The Hall–Kier alpha value is -1.80. The van der Waals surface area contributed by atoms with Gasteiger partial charge in [-0.05, 0) is 0 Å². The molecule has 150 valence electrons. The Morgan fingerprint density at radius 1 is 0.654 bits per heavy atom. The molecule has 0 fully saturated rings. The van der Waals surface area contributed by atoms with Crippen LogP contribution in [-0.2, 0) is 28.7 Å². The Morgan fingerprint density at radius 3 is 1.23 bits per heavy atom. The predicted molar refractivity (Wildman–Crippen MR) is 96.6 cm³/mol. The maximum Gasteiger partial charge on any atom is 0.246 e. The first-order valence-corrected chi connectivity index (χ1v) is 8.59. The molecule has 2 amide bonds. The van der Waals surface area contributed by atoms with Crippen molar-refractivity contribution in [3.63, 3.8) is 0 Å². The molecule has 8 nitrogen and oxygen atoms in total. The van der Waals surface area contributed by atoms with Crippen molar-refractivity contribution in [3.05, 3.63) is 0 Å². The quantitative estimate of drug-likeness (QED) is 0.511. The monoisotopic (exact) mass is 372 g/mol. The van der Waals surface area contributed by atoms with Crippen molar-refractivity contribution in [2.75, 3.05) is 39.5 Å². The minimum absolute atomic E-state index is 0.0321. The predicted octanol–water partition coefficient (Wildman–Crippen LogP) is 0.482. The van der Waals surface area contributed by atoms with Crippen LogP contribution in [0.25, 0.3) is 0 Å². The molecular formula is C18H32N2O6. The fraction of sp³-hybridized carbons (Fsp3) is 0.778. The first kappa shape index (κ1) is 24.2. The second-order valence-electron chi connectivity index (χ2n) is 8.00. The maximum atomic E-state index is 11.7. The SMILES string of the molecule is CC(C)(C)C(=O)CNC(=O)COCCOCC(=O)NCC(=O)C(C)(C)C. The van der Waals surface area contributed by atoms with E-state index in [0.717, 1.165) is 0 Å². The van der Waals surface area contributed by atoms with Crippen LogP contribution in [0.5, 0.6) is 0 Å². The zero-order valence-corrected chi connectivity index (χ0v) is 16.7. The summed E-state index contributed by atoms with van der Waals surface area (Å²) in [6.45, 7) is 10.5. The molecule has 0 atom stereocenters. The van der Waals surface area contributed by atoms with E-state index in [1.165, 1.54) is 0 Å². The number of ketones is 2. The third-order valence-electron chi connectivity index (χ3n) is 3.40. The minimum Gasteiger partial charge on any atom is -0.369 e. The summed E-state index contributed by atoms with van der Waals surface area (Å²) in [4.78, 5) is 46.4. The van der Waals surface area contributed by atoms with E-state index < -0.39 is 10.8 Å². The van der Waals surface area contributed by atoms with Crippen LogP contribution in [0.2, 0.25) is 0 Å². The molecule has 0 heterocycles. The fourth-order valence-electron chi connectivity index (χ4n) is 1.44. The zero-order valence-electron chi connectivity index (χ0n) is 16.7. The third-order valence-corrected chi connectivity index (χ3v) is 3.40. The zero-order chi connectivity index (χ0) is 20.4. The lowest BCUT2D eigenvalue weighted by Crippen LogP contribution is -2.37. The molecule has 0 aliphatic heterocycles. The van der Waals surface area contributed by atoms with Crippen LogP contribution < -0.4 is 10.6 Å². The minimum atomic E-state index is -0.500. The number of rotatable bonds is 11. The summed E-state index contributed by atoms with van der Waals surface area (Å²) in [5, 5.41) is 4.97. The Bertz CT molecular complexity index is 457. The van der Waals surface area contributed by atoms with Crippen molar-refractivity contribution >= 4 is 23.4 Å². The standard InChI is InChI=1S/C18H32N2O6/c1-17(2,3)13(21)9-19-15(23)11-25-7-8-26-12-16(24)20-10-14(22)18(4,5)6/h7-12H2,1-6H3,(H,19,23)(H,20,24). The van der Waals surface area contributed by atoms with Gasteiger partial charge in [-0.15, -0.1) is 0 Å². The molecular weight excluding hydrogens is 340 g/mol. The largest absolute Gasteiger partial charge is 0.369 e. The van der Waals surface area contributed by atoms with Gasteiger partial charge in [0, 0.05) is 10.8 Å². The summed E-state index contributed by atoms with van der Waals surface area (Å²) in [7, 11) is 0. The van der Waals surface area contributed by atoms with Gasteiger partial charge in [0.1, 0.15) is 13.2 Å². The van der Waals surface area contributed by atoms with Gasteiger partial charge in [0.05, 0.1) is 26.3 Å². The van der Waals surface area contributed by atoms with E-state index in [2.05, 4.69) is 10.6 Å². The average Bonchev–Trinajstić information content (AvgIpc) is 2.51. The molecule has 8 heteroatoms. The third kappa shape index (κ3) is 11.7. The molecule has 0 rings (SSSR count). The molecule has 0 radical (unpaired) electrons. The summed E-state index contributed by atoms with van der Waals surface area (Å²) < 4.78 is 10.2. The van der Waals surface area contributed by atoms with Crippen molar-refractivity contribution in [1.82, 2.24) is 10.6 Å². The summed E-state index contributed by atoms with van der Waals surface area (Å²) in [6.07, 6.45) is 0. The first-order valence-electron chi connectivity index (χ1n) is 8.59. The number of nitrogens with one attached hydrogen (secondary N) is 2. The number of ether oxygens (including phenoxy) is 2. The summed E-state index contributed by atoms with van der Waals surface area (Å²) >= 11 is 0. The Balaban J connectivity index is 3.69. The molecule has 0 unspecified atom stereocenters. The smallest absolute Gasteiger partial charge is 0.246 e. The molecule has 0 bridgehead atoms. The van der Waals surface area contributed by atoms with Gasteiger partial charge < -0.3 is 20.1 Å². The number of carbonyl (C=O) groups is 4. The van der Waals surface area contributed by atoms with Gasteiger partial charge in [-0.3, -0.25) is 19.2 Å². The molecule has 0 saturated heterocycles.